The Labute approximate surface area is 221 Å². The van der Waals surface area contributed by atoms with Crippen LogP contribution in [0, 0.1) is 18.3 Å². The molecule has 0 aliphatic carbocycles. The highest BCUT2D eigenvalue weighted by Gasteiger charge is 2.20. The molecule has 2 aromatic heterocycles. The third-order valence-corrected chi connectivity index (χ3v) is 6.47. The lowest BCUT2D eigenvalue weighted by Crippen LogP contribution is -2.29. The summed E-state index contributed by atoms with van der Waals surface area (Å²) in [5.74, 6) is 0. The lowest BCUT2D eigenvalue weighted by molar-refractivity contribution is 0.801. The molecule has 180 valence electrons. The van der Waals surface area contributed by atoms with Crippen molar-refractivity contribution in [3.05, 3.63) is 126 Å². The van der Waals surface area contributed by atoms with E-state index in [1.807, 2.05) is 25.1 Å². The second kappa shape index (κ2) is 9.86. The molecule has 0 saturated carbocycles. The highest BCUT2D eigenvalue weighted by atomic mass is 35.5. The van der Waals surface area contributed by atoms with Crippen LogP contribution in [0.2, 0.25) is 10.0 Å². The molecule has 37 heavy (non-hydrogen) atoms. The van der Waals surface area contributed by atoms with Gasteiger partial charge >= 0.3 is 0 Å². The lowest BCUT2D eigenvalue weighted by atomic mass is 10.1. The zero-order valence-corrected chi connectivity index (χ0v) is 20.9. The van der Waals surface area contributed by atoms with Crippen molar-refractivity contribution >= 4 is 40.3 Å². The molecule has 7 nitrogen and oxygen atoms in total. The Bertz CT molecular complexity index is 1870. The average Bonchev–Trinajstić information content (AvgIpc) is 2.90. The van der Waals surface area contributed by atoms with E-state index in [2.05, 4.69) is 10.2 Å². The number of hydrogen-bond donors (Lipinski definition) is 0. The number of fused-ring (bicyclic) bond motifs is 1. The van der Waals surface area contributed by atoms with E-state index in [1.54, 1.807) is 60.7 Å². The summed E-state index contributed by atoms with van der Waals surface area (Å²) in [5.41, 5.74) is 1.21. The maximum absolute atomic E-state index is 13.8. The van der Waals surface area contributed by atoms with E-state index in [-0.39, 0.29) is 22.2 Å². The van der Waals surface area contributed by atoms with Crippen LogP contribution in [0.4, 0.5) is 0 Å². The van der Waals surface area contributed by atoms with E-state index in [0.29, 0.717) is 26.9 Å². The molecule has 0 aliphatic heterocycles. The topological polar surface area (TPSA) is 93.0 Å². The molecular weight excluding hydrogens is 509 g/mol. The summed E-state index contributed by atoms with van der Waals surface area (Å²) >= 11 is 12.7. The SMILES string of the molecule is Cc1ccc(-n2nc3c(=O)n(/N=C\c4ccccc4Cl)c(-c4ccccc4Cl)cc3c(C#N)c2=O)cc1. The summed E-state index contributed by atoms with van der Waals surface area (Å²) in [6.07, 6.45) is 1.46. The highest BCUT2D eigenvalue weighted by Crippen LogP contribution is 2.29. The average molecular weight is 526 g/mol. The number of rotatable bonds is 4. The van der Waals surface area contributed by atoms with Gasteiger partial charge in [0, 0.05) is 26.6 Å². The third kappa shape index (κ3) is 4.45. The van der Waals surface area contributed by atoms with E-state index in [4.69, 9.17) is 23.2 Å². The maximum Gasteiger partial charge on any atom is 0.299 e. The molecule has 0 amide bonds. The Morgan fingerprint density at radius 3 is 2.27 bits per heavy atom. The van der Waals surface area contributed by atoms with Crippen LogP contribution in [0.5, 0.6) is 0 Å². The predicted octanol–water partition coefficient (Wildman–Crippen LogP) is 5.58. The van der Waals surface area contributed by atoms with Crippen LogP contribution in [0.15, 0.2) is 93.6 Å². The number of aryl methyl sites for hydroxylation is 1. The number of hydrogen-bond acceptors (Lipinski definition) is 5. The summed E-state index contributed by atoms with van der Waals surface area (Å²) in [4.78, 5) is 27.1. The molecule has 9 heteroatoms. The minimum Gasteiger partial charge on any atom is -0.266 e. The molecule has 0 bridgehead atoms. The van der Waals surface area contributed by atoms with Gasteiger partial charge in [0.1, 0.15) is 11.6 Å². The van der Waals surface area contributed by atoms with Crippen molar-refractivity contribution in [1.29, 1.82) is 5.26 Å². The van der Waals surface area contributed by atoms with Crippen molar-refractivity contribution in [2.75, 3.05) is 0 Å². The third-order valence-electron chi connectivity index (χ3n) is 5.79. The smallest absolute Gasteiger partial charge is 0.266 e. The van der Waals surface area contributed by atoms with Gasteiger partial charge in [0.25, 0.3) is 11.1 Å². The van der Waals surface area contributed by atoms with Crippen molar-refractivity contribution < 1.29 is 0 Å². The molecular formula is C28H17Cl2N5O2. The quantitative estimate of drug-likeness (QED) is 0.286. The van der Waals surface area contributed by atoms with E-state index in [0.717, 1.165) is 14.9 Å². The standard InChI is InChI=1S/C28H17Cl2N5O2/c1-17-10-12-19(13-11-17)34-27(36)22(15-31)21-14-25(20-7-3-5-9-24(20)30)35(28(37)26(21)33-34)32-16-18-6-2-4-8-23(18)29/h2-14,16H,1H3/b32-16-. The molecule has 0 saturated heterocycles. The van der Waals surface area contributed by atoms with Gasteiger partial charge in [-0.2, -0.15) is 24.8 Å². The number of nitriles is 1. The molecule has 0 fully saturated rings. The van der Waals surface area contributed by atoms with Gasteiger partial charge in [-0.05, 0) is 37.3 Å². The maximum atomic E-state index is 13.8. The minimum absolute atomic E-state index is 0.0937. The summed E-state index contributed by atoms with van der Waals surface area (Å²) in [6.45, 7) is 1.91. The molecule has 3 aromatic carbocycles. The molecule has 5 aromatic rings. The van der Waals surface area contributed by atoms with E-state index < -0.39 is 11.1 Å². The predicted molar refractivity (Wildman–Crippen MR) is 146 cm³/mol. The van der Waals surface area contributed by atoms with E-state index in [1.165, 1.54) is 12.3 Å². The van der Waals surface area contributed by atoms with Crippen LogP contribution in [0.1, 0.15) is 16.7 Å². The molecule has 0 spiro atoms. The van der Waals surface area contributed by atoms with Gasteiger partial charge in [-0.3, -0.25) is 9.59 Å². The molecule has 0 atom stereocenters. The van der Waals surface area contributed by atoms with Crippen LogP contribution in [0.3, 0.4) is 0 Å². The number of nitrogens with zero attached hydrogens (tertiary/aromatic N) is 5. The van der Waals surface area contributed by atoms with Gasteiger partial charge in [-0.15, -0.1) is 0 Å². The van der Waals surface area contributed by atoms with E-state index >= 15 is 0 Å². The second-order valence-corrected chi connectivity index (χ2v) is 9.01. The Hall–Kier alpha value is -4.51. The normalized spacial score (nSPS) is 11.2. The Kier molecular flexibility index (Phi) is 6.45. The lowest BCUT2D eigenvalue weighted by Gasteiger charge is -2.13. The second-order valence-electron chi connectivity index (χ2n) is 8.19. The molecule has 2 heterocycles. The molecule has 0 N–H and O–H groups in total. The van der Waals surface area contributed by atoms with Crippen molar-refractivity contribution in [3.63, 3.8) is 0 Å². The number of halogens is 2. The van der Waals surface area contributed by atoms with Crippen LogP contribution in [0.25, 0.3) is 27.8 Å². The first-order chi connectivity index (χ1) is 17.9. The Morgan fingerprint density at radius 1 is 0.919 bits per heavy atom. The monoisotopic (exact) mass is 525 g/mol. The molecule has 0 unspecified atom stereocenters. The molecule has 0 aliphatic rings. The van der Waals surface area contributed by atoms with Gasteiger partial charge in [0.15, 0.2) is 5.52 Å². The first-order valence-corrected chi connectivity index (χ1v) is 11.9. The fraction of sp³-hybridized carbons (Fsp3) is 0.0357. The number of benzene rings is 3. The van der Waals surface area contributed by atoms with Crippen LogP contribution in [-0.4, -0.2) is 20.7 Å². The van der Waals surface area contributed by atoms with Crippen molar-refractivity contribution in [2.45, 2.75) is 6.92 Å². The fourth-order valence-electron chi connectivity index (χ4n) is 3.89. The van der Waals surface area contributed by atoms with Gasteiger partial charge in [0.2, 0.25) is 0 Å². The molecule has 5 rings (SSSR count). The zero-order valence-electron chi connectivity index (χ0n) is 19.4. The number of pyridine rings is 1. The minimum atomic E-state index is -0.638. The Morgan fingerprint density at radius 2 is 1.59 bits per heavy atom. The van der Waals surface area contributed by atoms with Gasteiger partial charge < -0.3 is 0 Å². The molecule has 0 radical (unpaired) electrons. The van der Waals surface area contributed by atoms with Crippen molar-refractivity contribution in [1.82, 2.24) is 14.5 Å². The van der Waals surface area contributed by atoms with Crippen LogP contribution >= 0.6 is 23.2 Å². The van der Waals surface area contributed by atoms with Gasteiger partial charge in [-0.25, -0.2) is 0 Å². The summed E-state index contributed by atoms with van der Waals surface area (Å²) in [7, 11) is 0. The van der Waals surface area contributed by atoms with Gasteiger partial charge in [0.05, 0.1) is 17.6 Å². The van der Waals surface area contributed by atoms with Crippen molar-refractivity contribution in [2.24, 2.45) is 5.10 Å². The summed E-state index contributed by atoms with van der Waals surface area (Å²) < 4.78 is 2.20. The van der Waals surface area contributed by atoms with Gasteiger partial charge in [-0.1, -0.05) is 77.3 Å². The fourth-order valence-corrected chi connectivity index (χ4v) is 4.31. The zero-order chi connectivity index (χ0) is 26.1. The Balaban J connectivity index is 1.87. The number of aromatic nitrogens is 3. The van der Waals surface area contributed by atoms with Crippen LogP contribution < -0.4 is 11.1 Å². The largest absolute Gasteiger partial charge is 0.299 e. The van der Waals surface area contributed by atoms with Crippen LogP contribution in [-0.2, 0) is 0 Å². The van der Waals surface area contributed by atoms with E-state index in [9.17, 15) is 14.9 Å². The highest BCUT2D eigenvalue weighted by molar-refractivity contribution is 6.33. The first kappa shape index (κ1) is 24.2. The summed E-state index contributed by atoms with van der Waals surface area (Å²) in [6, 6.07) is 24.5. The van der Waals surface area contributed by atoms with Crippen molar-refractivity contribution in [3.8, 4) is 23.0 Å². The summed E-state index contributed by atoms with van der Waals surface area (Å²) in [5, 5.41) is 19.6. The first-order valence-electron chi connectivity index (χ1n) is 11.1.